The number of furan rings is 1. The Balaban J connectivity index is 2.16. The van der Waals surface area contributed by atoms with Crippen LogP contribution in [0.2, 0.25) is 0 Å². The minimum atomic E-state index is 0.567. The average molecular weight is 322 g/mol. The lowest BCUT2D eigenvalue weighted by molar-refractivity contribution is 0.579. The Hall–Kier alpha value is -1.89. The third-order valence-electron chi connectivity index (χ3n) is 2.68. The first-order valence-electron chi connectivity index (χ1n) is 5.98. The summed E-state index contributed by atoms with van der Waals surface area (Å²) in [7, 11) is 0. The highest BCUT2D eigenvalue weighted by Gasteiger charge is 2.16. The molecular weight excluding hydrogens is 310 g/mol. The Bertz CT molecular complexity index is 705. The van der Waals surface area contributed by atoms with Crippen LogP contribution < -0.4 is 5.32 Å². The van der Waals surface area contributed by atoms with Gasteiger partial charge in [-0.3, -0.25) is 5.10 Å². The standard InChI is InChI=1S/C12H12BrN5O/c1-2-4-14-12-16-9(10-8(13)3-5-19-10)7-6-15-18-11(7)17-12/h3,5-6H,2,4H2,1H3,(H2,14,15,16,17,18). The summed E-state index contributed by atoms with van der Waals surface area (Å²) >= 11 is 3.45. The van der Waals surface area contributed by atoms with Crippen molar-refractivity contribution >= 4 is 32.9 Å². The van der Waals surface area contributed by atoms with Crippen molar-refractivity contribution < 1.29 is 4.42 Å². The van der Waals surface area contributed by atoms with Crippen molar-refractivity contribution in [3.63, 3.8) is 0 Å². The van der Waals surface area contributed by atoms with Gasteiger partial charge in [-0.25, -0.2) is 4.98 Å². The van der Waals surface area contributed by atoms with Crippen molar-refractivity contribution in [1.29, 1.82) is 0 Å². The van der Waals surface area contributed by atoms with Crippen LogP contribution in [0.25, 0.3) is 22.5 Å². The number of aromatic nitrogens is 4. The van der Waals surface area contributed by atoms with E-state index in [-0.39, 0.29) is 0 Å². The number of hydrogen-bond acceptors (Lipinski definition) is 5. The van der Waals surface area contributed by atoms with Gasteiger partial charge in [0.1, 0.15) is 5.69 Å². The Morgan fingerprint density at radius 2 is 2.32 bits per heavy atom. The second-order valence-electron chi connectivity index (χ2n) is 4.05. The molecule has 0 saturated heterocycles. The molecule has 0 saturated carbocycles. The van der Waals surface area contributed by atoms with Crippen molar-refractivity contribution in [3.05, 3.63) is 23.0 Å². The van der Waals surface area contributed by atoms with Crippen LogP contribution in [0, 0.1) is 0 Å². The summed E-state index contributed by atoms with van der Waals surface area (Å²) in [4.78, 5) is 8.88. The van der Waals surface area contributed by atoms with Crippen molar-refractivity contribution in [1.82, 2.24) is 20.2 Å². The van der Waals surface area contributed by atoms with E-state index in [0.29, 0.717) is 23.0 Å². The second-order valence-corrected chi connectivity index (χ2v) is 4.91. The molecule has 2 N–H and O–H groups in total. The number of hydrogen-bond donors (Lipinski definition) is 2. The van der Waals surface area contributed by atoms with E-state index in [1.165, 1.54) is 0 Å². The van der Waals surface area contributed by atoms with Crippen molar-refractivity contribution in [2.75, 3.05) is 11.9 Å². The van der Waals surface area contributed by atoms with Gasteiger partial charge in [-0.15, -0.1) is 0 Å². The largest absolute Gasteiger partial charge is 0.461 e. The van der Waals surface area contributed by atoms with Gasteiger partial charge >= 0.3 is 0 Å². The fourth-order valence-corrected chi connectivity index (χ4v) is 2.18. The average Bonchev–Trinajstić information content (AvgIpc) is 3.03. The molecule has 3 heterocycles. The minimum Gasteiger partial charge on any atom is -0.461 e. The van der Waals surface area contributed by atoms with E-state index in [4.69, 9.17) is 4.42 Å². The monoisotopic (exact) mass is 321 g/mol. The molecule has 0 amide bonds. The zero-order valence-corrected chi connectivity index (χ0v) is 11.9. The second kappa shape index (κ2) is 5.00. The normalized spacial score (nSPS) is 11.1. The van der Waals surface area contributed by atoms with Gasteiger partial charge in [-0.2, -0.15) is 10.1 Å². The molecule has 7 heteroatoms. The van der Waals surface area contributed by atoms with Gasteiger partial charge in [0.15, 0.2) is 11.4 Å². The fraction of sp³-hybridized carbons (Fsp3) is 0.250. The third-order valence-corrected chi connectivity index (χ3v) is 3.30. The zero-order chi connectivity index (χ0) is 13.2. The molecule has 98 valence electrons. The van der Waals surface area contributed by atoms with Crippen LogP contribution in [-0.4, -0.2) is 26.7 Å². The quantitative estimate of drug-likeness (QED) is 0.771. The maximum Gasteiger partial charge on any atom is 0.225 e. The molecule has 0 aromatic carbocycles. The number of halogens is 1. The molecule has 0 bridgehead atoms. The lowest BCUT2D eigenvalue weighted by atomic mass is 10.2. The van der Waals surface area contributed by atoms with Crippen molar-refractivity contribution in [3.8, 4) is 11.5 Å². The summed E-state index contributed by atoms with van der Waals surface area (Å²) in [5, 5.41) is 10.9. The molecule has 0 aliphatic carbocycles. The maximum atomic E-state index is 5.48. The molecule has 3 rings (SSSR count). The van der Waals surface area contributed by atoms with E-state index in [0.717, 1.165) is 22.8 Å². The minimum absolute atomic E-state index is 0.567. The van der Waals surface area contributed by atoms with Gasteiger partial charge in [-0.1, -0.05) is 6.92 Å². The first kappa shape index (κ1) is 12.2. The topological polar surface area (TPSA) is 79.6 Å². The molecular formula is C12H12BrN5O. The number of H-pyrrole nitrogens is 1. The van der Waals surface area contributed by atoms with Crippen molar-refractivity contribution in [2.45, 2.75) is 13.3 Å². The van der Waals surface area contributed by atoms with Crippen LogP contribution in [0.5, 0.6) is 0 Å². The van der Waals surface area contributed by atoms with E-state index in [2.05, 4.69) is 48.3 Å². The molecule has 0 radical (unpaired) electrons. The lowest BCUT2D eigenvalue weighted by Gasteiger charge is -2.05. The van der Waals surface area contributed by atoms with Crippen LogP contribution in [0.15, 0.2) is 27.4 Å². The first-order chi connectivity index (χ1) is 9.29. The summed E-state index contributed by atoms with van der Waals surface area (Å²) in [5.74, 6) is 1.24. The highest BCUT2D eigenvalue weighted by atomic mass is 79.9. The fourth-order valence-electron chi connectivity index (χ4n) is 1.79. The van der Waals surface area contributed by atoms with Gasteiger partial charge < -0.3 is 9.73 Å². The molecule has 0 aliphatic rings. The Labute approximate surface area is 117 Å². The van der Waals surface area contributed by atoms with Gasteiger partial charge in [0.2, 0.25) is 5.95 Å². The van der Waals surface area contributed by atoms with E-state index >= 15 is 0 Å². The molecule has 19 heavy (non-hydrogen) atoms. The number of anilines is 1. The summed E-state index contributed by atoms with van der Waals surface area (Å²) in [6, 6.07) is 1.84. The van der Waals surface area contributed by atoms with E-state index < -0.39 is 0 Å². The highest BCUT2D eigenvalue weighted by molar-refractivity contribution is 9.10. The Morgan fingerprint density at radius 1 is 1.42 bits per heavy atom. The SMILES string of the molecule is CCCNc1nc(-c2occc2Br)c2cn[nH]c2n1. The van der Waals surface area contributed by atoms with Crippen LogP contribution >= 0.6 is 15.9 Å². The number of nitrogens with zero attached hydrogens (tertiary/aromatic N) is 3. The zero-order valence-electron chi connectivity index (χ0n) is 10.3. The number of nitrogens with one attached hydrogen (secondary N) is 2. The van der Waals surface area contributed by atoms with Crippen LogP contribution in [0.4, 0.5) is 5.95 Å². The predicted octanol–water partition coefficient (Wildman–Crippen LogP) is 3.20. The first-order valence-corrected chi connectivity index (χ1v) is 6.77. The highest BCUT2D eigenvalue weighted by Crippen LogP contribution is 2.32. The van der Waals surface area contributed by atoms with Gasteiger partial charge in [-0.05, 0) is 28.4 Å². The van der Waals surface area contributed by atoms with E-state index in [1.807, 2.05) is 6.07 Å². The Morgan fingerprint density at radius 3 is 3.05 bits per heavy atom. The van der Waals surface area contributed by atoms with Crippen LogP contribution in [0.3, 0.4) is 0 Å². The van der Waals surface area contributed by atoms with Gasteiger partial charge in [0.25, 0.3) is 0 Å². The van der Waals surface area contributed by atoms with Crippen molar-refractivity contribution in [2.24, 2.45) is 0 Å². The molecule has 6 nitrogen and oxygen atoms in total. The summed E-state index contributed by atoms with van der Waals surface area (Å²) in [5.41, 5.74) is 1.40. The molecule has 0 aliphatic heterocycles. The van der Waals surface area contributed by atoms with Gasteiger partial charge in [0, 0.05) is 6.54 Å². The molecule has 0 unspecified atom stereocenters. The lowest BCUT2D eigenvalue weighted by Crippen LogP contribution is -2.05. The molecule has 0 atom stereocenters. The summed E-state index contributed by atoms with van der Waals surface area (Å²) in [6.45, 7) is 2.91. The summed E-state index contributed by atoms with van der Waals surface area (Å²) in [6.07, 6.45) is 4.32. The smallest absolute Gasteiger partial charge is 0.225 e. The predicted molar refractivity (Wildman–Crippen MR) is 75.9 cm³/mol. The summed E-state index contributed by atoms with van der Waals surface area (Å²) < 4.78 is 6.34. The van der Waals surface area contributed by atoms with Crippen LogP contribution in [-0.2, 0) is 0 Å². The van der Waals surface area contributed by atoms with E-state index in [9.17, 15) is 0 Å². The number of fused-ring (bicyclic) bond motifs is 1. The number of rotatable bonds is 4. The molecule has 0 spiro atoms. The molecule has 0 fully saturated rings. The molecule has 3 aromatic rings. The van der Waals surface area contributed by atoms with Crippen LogP contribution in [0.1, 0.15) is 13.3 Å². The van der Waals surface area contributed by atoms with E-state index in [1.54, 1.807) is 12.5 Å². The molecule has 3 aromatic heterocycles. The van der Waals surface area contributed by atoms with Gasteiger partial charge in [0.05, 0.1) is 22.3 Å². The third kappa shape index (κ3) is 2.21. The Kier molecular flexibility index (Phi) is 3.20. The number of aromatic amines is 1. The maximum absolute atomic E-state index is 5.48.